The summed E-state index contributed by atoms with van der Waals surface area (Å²) in [6, 6.07) is 13.5. The van der Waals surface area contributed by atoms with Crippen molar-refractivity contribution in [2.45, 2.75) is 212 Å². The molecule has 15 N–H and O–H groups in total. The number of hydrogen-bond acceptors (Lipinski definition) is 35. The Bertz CT molecular complexity index is 6190. The number of rotatable bonds is 29. The van der Waals surface area contributed by atoms with Gasteiger partial charge in [-0.2, -0.15) is 40.6 Å². The van der Waals surface area contributed by atoms with E-state index in [1.165, 1.54) is 39.7 Å². The fraction of sp³-hybridized carbons (Fsp3) is 0.461. The Hall–Kier alpha value is -10.5. The van der Waals surface area contributed by atoms with Crippen molar-refractivity contribution >= 4 is 224 Å². The van der Waals surface area contributed by atoms with Crippen LogP contribution in [-0.4, -0.2) is 233 Å². The number of carbonyl (C=O) groups excluding carboxylic acids is 5. The van der Waals surface area contributed by atoms with Gasteiger partial charge in [0.05, 0.1) is 56.0 Å². The number of esters is 4. The largest absolute Gasteiger partial charge is 2.00 e. The van der Waals surface area contributed by atoms with E-state index in [0.29, 0.717) is 54.9 Å². The minimum Gasteiger partial charge on any atom is -1.00 e. The second-order valence-corrected chi connectivity index (χ2v) is 43.3. The fourth-order valence-electron chi connectivity index (χ4n) is 9.97. The molecule has 0 spiro atoms. The number of halogens is 3. The van der Waals surface area contributed by atoms with Crippen LogP contribution in [0.1, 0.15) is 207 Å². The number of nitrogens with one attached hydrogen (secondary N) is 6. The molecule has 45 nitrogen and oxygen atoms in total. The number of amidine groups is 3. The van der Waals surface area contributed by atoms with E-state index in [4.69, 9.17) is 42.1 Å². The van der Waals surface area contributed by atoms with Crippen molar-refractivity contribution in [1.29, 1.82) is 0 Å². The van der Waals surface area contributed by atoms with Crippen LogP contribution in [0.3, 0.4) is 0 Å². The third-order valence-corrected chi connectivity index (χ3v) is 21.8. The van der Waals surface area contributed by atoms with E-state index in [2.05, 4.69) is 107 Å². The van der Waals surface area contributed by atoms with Crippen LogP contribution in [0.5, 0.6) is 11.5 Å². The first-order valence-electron chi connectivity index (χ1n) is 43.0. The number of hydrazine groups is 1. The molecule has 0 saturated heterocycles. The van der Waals surface area contributed by atoms with Crippen molar-refractivity contribution < 1.29 is 137 Å². The fourth-order valence-corrected chi connectivity index (χ4v) is 15.4. The Labute approximate surface area is 885 Å². The number of carbonyl (C=O) groups is 8. The Kier molecular flexibility index (Phi) is 66.0. The molecule has 2 aromatic heterocycles. The zero-order valence-corrected chi connectivity index (χ0v) is 94.8. The molecule has 0 fully saturated rings. The molecule has 5 heterocycles. The summed E-state index contributed by atoms with van der Waals surface area (Å²) in [6.45, 7) is 50.0. The smallest absolute Gasteiger partial charge is 1.00 e. The number of aromatic nitrogens is 4. The summed E-state index contributed by atoms with van der Waals surface area (Å²) in [4.78, 5) is 109. The Balaban J connectivity index is -0.000000805. The van der Waals surface area contributed by atoms with Crippen LogP contribution in [0, 0.1) is 37.4 Å². The summed E-state index contributed by atoms with van der Waals surface area (Å²) in [5.41, 5.74) is 9.48. The van der Waals surface area contributed by atoms with Crippen molar-refractivity contribution in [3.8, 4) is 11.5 Å². The molecular formula is C89H131ClI2MgN16O29S5. The van der Waals surface area contributed by atoms with Gasteiger partial charge in [-0.25, -0.2) is 60.1 Å². The van der Waals surface area contributed by atoms with E-state index in [-0.39, 0.29) is 140 Å². The summed E-state index contributed by atoms with van der Waals surface area (Å²) >= 11 is 4.01. The van der Waals surface area contributed by atoms with Crippen LogP contribution in [0.15, 0.2) is 137 Å². The summed E-state index contributed by atoms with van der Waals surface area (Å²) in [6.07, 6.45) is 11.2. The number of aryl methyl sites for hydroxylation is 2. The van der Waals surface area contributed by atoms with Gasteiger partial charge in [0.2, 0.25) is 20.0 Å². The number of aliphatic carboxylic acids is 3. The molecule has 3 aromatic carbocycles. The molecule has 0 bridgehead atoms. The topological polar surface area (TPSA) is 689 Å². The second-order valence-electron chi connectivity index (χ2n) is 32.7. The number of sulfonamides is 5. The standard InChI is InChI=1S/C21H27N5O6S2.C20H23IN4O4S.C13H24N2O2.C9H7IN2O4S.C8H12O3.C6H10O4.C5H14N2.C4H7.C2H2O4.CH5NO2S.ClH.Mg/c1-12(2)8-9-26-21(28)18(19(27)16(23-26)10-13(3)4)20-22-15-7-6-14(24-33(5,29)30)11-17(15)34(31,32)25-20;1-11(2)7-8-25-20(27)17(18(26)15(23-25)9-12(3)4)19-22-14-6-5-13(21)10-16(14)30(28,29)24-19;1-6-17-13(16)12(9-11(4)5)15-14-8-7-10(2)3;10-5-1-2-6-7(3-5)17(15,16)12-8(11-6)4-9(13)14;1-4-11-8(10)7(9)5-6(2)3;1-3-9-5(7)6(8)10-4-2;1-5(2)3-4-7-6;1-4(2)3;3-1(4)2(5)6;1-5(2,3)4;;/h6-7,10-12,24,27H,8-9H2,1-5H3,(H,22,25);5-6,9-11,26H,7-8H2,1-4H3,(H,22,24);9-10,14H,6-8H2,1-5H3;1-3H,4H2,(H,11,12)(H,13,14);5H,4H2,1-3H3;3-4H2,1-2H3;5,7H,3-4,6H2,1-2H3;1H,2-3H3;(H,3,4)(H,5,6);1H3,(H2,2,3,4);1H;/q;;;;;;;-1;;;;+2/p-1/b;;15-12-;;;;;;;;;. The van der Waals surface area contributed by atoms with Crippen LogP contribution >= 0.6 is 45.2 Å². The number of carboxylic acid groups (broad SMARTS) is 3. The molecule has 0 saturated carbocycles. The summed E-state index contributed by atoms with van der Waals surface area (Å²) in [5, 5.41) is 70.3. The number of ketones is 1. The van der Waals surface area contributed by atoms with Gasteiger partial charge in [-0.15, -0.1) is 13.2 Å². The number of nitrogens with zero attached hydrogens (tertiary/aromatic N) is 8. The second kappa shape index (κ2) is 68.0. The van der Waals surface area contributed by atoms with Crippen LogP contribution in [0.2, 0.25) is 0 Å². The van der Waals surface area contributed by atoms with Crippen molar-refractivity contribution in [3.63, 3.8) is 0 Å². The molecular weight excluding hydrogens is 2230 g/mol. The van der Waals surface area contributed by atoms with E-state index in [1.807, 2.05) is 114 Å². The van der Waals surface area contributed by atoms with Crippen LogP contribution in [0.25, 0.3) is 12.2 Å². The molecule has 0 radical (unpaired) electrons. The van der Waals surface area contributed by atoms with Gasteiger partial charge in [-0.1, -0.05) is 91.5 Å². The molecule has 8 rings (SSSR count). The Morgan fingerprint density at radius 2 is 0.860 bits per heavy atom. The molecule has 5 aromatic rings. The number of hydrazone groups is 1. The molecule has 0 aliphatic carbocycles. The number of ether oxygens (including phenoxy) is 4. The van der Waals surface area contributed by atoms with Crippen LogP contribution in [-0.2, 0) is 121 Å². The van der Waals surface area contributed by atoms with Gasteiger partial charge in [0.1, 0.15) is 49.5 Å². The van der Waals surface area contributed by atoms with Gasteiger partial charge < -0.3 is 84.8 Å². The Morgan fingerprint density at radius 1 is 0.524 bits per heavy atom. The number of hydrogen-bond donors (Lipinski definition) is 13. The van der Waals surface area contributed by atoms with Crippen molar-refractivity contribution in [1.82, 2.24) is 30.4 Å². The minimum absolute atomic E-state index is 0. The maximum absolute atomic E-state index is 13.2. The molecule has 54 heteroatoms. The molecule has 3 aliphatic rings. The number of anilines is 4. The van der Waals surface area contributed by atoms with Crippen LogP contribution in [0.4, 0.5) is 22.7 Å². The summed E-state index contributed by atoms with van der Waals surface area (Å²) in [7, 11) is -19.0. The van der Waals surface area contributed by atoms with E-state index >= 15 is 0 Å². The molecule has 0 atom stereocenters. The first kappa shape index (κ1) is 139. The van der Waals surface area contributed by atoms with Gasteiger partial charge >= 0.3 is 64.8 Å². The number of carboxylic acids is 3. The van der Waals surface area contributed by atoms with Gasteiger partial charge in [0.25, 0.3) is 47.0 Å². The van der Waals surface area contributed by atoms with Gasteiger partial charge in [-0.3, -0.25) is 40.7 Å². The van der Waals surface area contributed by atoms with Gasteiger partial charge in [0, 0.05) is 39.0 Å². The number of benzene rings is 3. The summed E-state index contributed by atoms with van der Waals surface area (Å²) in [5.74, 6) is -2.91. The van der Waals surface area contributed by atoms with E-state index in [1.54, 1.807) is 97.9 Å². The van der Waals surface area contributed by atoms with Crippen LogP contribution < -0.4 is 66.0 Å². The first-order valence-corrected chi connectivity index (χ1v) is 53.3. The third kappa shape index (κ3) is 57.7. The van der Waals surface area contributed by atoms with Gasteiger partial charge in [0.15, 0.2) is 28.9 Å². The minimum atomic E-state index is -4.33. The van der Waals surface area contributed by atoms with Crippen molar-refractivity contribution in [3.05, 3.63) is 152 Å². The maximum atomic E-state index is 13.2. The zero-order valence-electron chi connectivity index (χ0n) is 84.2. The zero-order chi connectivity index (χ0) is 109. The molecule has 3 aliphatic heterocycles. The predicted octanol–water partition coefficient (Wildman–Crippen LogP) is 7.48. The third-order valence-electron chi connectivity index (χ3n) is 15.8. The number of allylic oxidation sites excluding steroid dienone is 5. The summed E-state index contributed by atoms with van der Waals surface area (Å²) < 4.78 is 152. The number of fused-ring (bicyclic) bond motifs is 3. The molecule has 794 valence electrons. The van der Waals surface area contributed by atoms with E-state index in [9.17, 15) is 90.7 Å². The number of primary sulfonamides is 1. The first-order chi connectivity index (χ1) is 65.0. The number of nitrogens with two attached hydrogens (primary N) is 2. The maximum Gasteiger partial charge on any atom is 2.00 e. The normalized spacial score (nSPS) is 12.6. The Morgan fingerprint density at radius 3 is 1.18 bits per heavy atom. The number of aromatic hydroxyl groups is 2. The van der Waals surface area contributed by atoms with E-state index < -0.39 is 121 Å². The van der Waals surface area contributed by atoms with Crippen molar-refractivity contribution in [2.75, 3.05) is 72.7 Å². The average molecular weight is 2360 g/mol. The predicted molar refractivity (Wildman–Crippen MR) is 562 cm³/mol. The average Bonchev–Trinajstić information content (AvgIpc) is 0.756. The molecule has 0 amide bonds. The van der Waals surface area contributed by atoms with E-state index in [0.717, 1.165) is 85.4 Å². The quantitative estimate of drug-likeness (QED) is 0.00188. The SMILES string of the molecule is CC(C)=Cc1nn(CCC(C)C)c(=O)c(C2=NS(=O)(=O)c3cc(I)ccc3N2)c1O.CC(C)=Cc1nn(CCC(C)C)c(=O)c(C2=NS(=O)(=O)c3cc(NS(C)(=O)=O)ccc3N2)c1O.CC(C)CCNN.CCOC(=O)/C(C=C(C)C)=N\NCCC(C)C.CCOC(=O)C(=O)C=C(C)C.CCOC(=O)C(=O)OCC.CS(N)(=O)=O.O=C(O)C(=O)O.O=C(O)CC1=NS(=O)(=O)c2cc(I)ccc2N1.[CH-]=C(C)C.[Cl-].[Mg+2]. The molecule has 143 heavy (non-hydrogen) atoms. The monoisotopic (exact) mass is 2360 g/mol. The van der Waals surface area contributed by atoms with Crippen molar-refractivity contribution in [2.24, 2.45) is 52.9 Å². The van der Waals surface area contributed by atoms with Gasteiger partial charge in [-0.05, 0) is 257 Å². The molecule has 0 unspecified atom stereocenters.